The number of hydrogen-bond acceptors (Lipinski definition) is 6. The number of carbonyl (C=O) groups excluding carboxylic acids is 2. The molecular formula is C16H9ClN2O3S2. The topological polar surface area (TPSA) is 79.2 Å². The summed E-state index contributed by atoms with van der Waals surface area (Å²) < 4.78 is 5.89. The molecule has 1 aromatic carbocycles. The van der Waals surface area contributed by atoms with Gasteiger partial charge in [0.25, 0.3) is 5.91 Å². The second kappa shape index (κ2) is 7.01. The van der Waals surface area contributed by atoms with Crippen molar-refractivity contribution in [3.8, 4) is 6.07 Å². The maximum Gasteiger partial charge on any atom is 0.350 e. The molecular weight excluding hydrogens is 368 g/mol. The standard InChI is InChI=1S/C16H9ClN2O3S2/c17-13-10-3-1-2-4-11(10)24-14(13)16(21)22-8-12(20)19-15-9(7-18)5-6-23-15/h1-6H,8H2,(H,19,20). The molecule has 0 spiro atoms. The van der Waals surface area contributed by atoms with Crippen molar-refractivity contribution in [1.29, 1.82) is 5.26 Å². The molecule has 0 aliphatic rings. The summed E-state index contributed by atoms with van der Waals surface area (Å²) in [5.74, 6) is -1.16. The molecule has 5 nitrogen and oxygen atoms in total. The van der Waals surface area contributed by atoms with E-state index in [1.54, 1.807) is 11.4 Å². The molecule has 0 unspecified atom stereocenters. The van der Waals surface area contributed by atoms with Crippen molar-refractivity contribution in [1.82, 2.24) is 0 Å². The van der Waals surface area contributed by atoms with Crippen molar-refractivity contribution in [3.63, 3.8) is 0 Å². The summed E-state index contributed by atoms with van der Waals surface area (Å²) >= 11 is 8.64. The molecule has 24 heavy (non-hydrogen) atoms. The van der Waals surface area contributed by atoms with Gasteiger partial charge in [-0.15, -0.1) is 22.7 Å². The number of fused-ring (bicyclic) bond motifs is 1. The number of benzene rings is 1. The Morgan fingerprint density at radius 2 is 2.08 bits per heavy atom. The van der Waals surface area contributed by atoms with Crippen LogP contribution >= 0.6 is 34.3 Å². The van der Waals surface area contributed by atoms with Crippen LogP contribution in [0.1, 0.15) is 15.2 Å². The lowest BCUT2D eigenvalue weighted by atomic mass is 10.2. The molecule has 3 rings (SSSR count). The number of nitrogens with one attached hydrogen (secondary N) is 1. The van der Waals surface area contributed by atoms with Gasteiger partial charge >= 0.3 is 5.97 Å². The molecule has 0 saturated heterocycles. The maximum atomic E-state index is 12.1. The molecule has 2 heterocycles. The number of nitrogens with zero attached hydrogens (tertiary/aromatic N) is 1. The van der Waals surface area contributed by atoms with Crippen molar-refractivity contribution in [2.45, 2.75) is 0 Å². The highest BCUT2D eigenvalue weighted by Crippen LogP contribution is 2.35. The molecule has 8 heteroatoms. The minimum atomic E-state index is -0.650. The van der Waals surface area contributed by atoms with Crippen molar-refractivity contribution >= 4 is 61.2 Å². The van der Waals surface area contributed by atoms with Gasteiger partial charge in [0, 0.05) is 10.1 Å². The van der Waals surface area contributed by atoms with E-state index < -0.39 is 18.5 Å². The van der Waals surface area contributed by atoms with Gasteiger partial charge in [-0.1, -0.05) is 29.8 Å². The first-order valence-corrected chi connectivity index (χ1v) is 8.79. The Labute approximate surface area is 150 Å². The van der Waals surface area contributed by atoms with E-state index in [-0.39, 0.29) is 4.88 Å². The van der Waals surface area contributed by atoms with Gasteiger partial charge in [-0.2, -0.15) is 5.26 Å². The zero-order valence-corrected chi connectivity index (χ0v) is 14.4. The Morgan fingerprint density at radius 3 is 2.83 bits per heavy atom. The SMILES string of the molecule is N#Cc1ccsc1NC(=O)COC(=O)c1sc2ccccc2c1Cl. The van der Waals surface area contributed by atoms with Crippen LogP contribution < -0.4 is 5.32 Å². The predicted molar refractivity (Wildman–Crippen MR) is 94.8 cm³/mol. The summed E-state index contributed by atoms with van der Waals surface area (Å²) in [5.41, 5.74) is 0.368. The molecule has 1 N–H and O–H groups in total. The van der Waals surface area contributed by atoms with E-state index in [9.17, 15) is 9.59 Å². The highest BCUT2D eigenvalue weighted by molar-refractivity contribution is 7.21. The Morgan fingerprint density at radius 1 is 1.29 bits per heavy atom. The van der Waals surface area contributed by atoms with Crippen LogP contribution in [0.2, 0.25) is 5.02 Å². The first-order chi connectivity index (χ1) is 11.6. The number of rotatable bonds is 4. The number of carbonyl (C=O) groups is 2. The average Bonchev–Trinajstić information content (AvgIpc) is 3.17. The number of ether oxygens (including phenoxy) is 1. The van der Waals surface area contributed by atoms with Crippen LogP contribution in [-0.4, -0.2) is 18.5 Å². The normalized spacial score (nSPS) is 10.3. The molecule has 120 valence electrons. The number of halogens is 1. The third-order valence-corrected chi connectivity index (χ3v) is 5.58. The summed E-state index contributed by atoms with van der Waals surface area (Å²) in [6, 6.07) is 10.9. The number of thiophene rings is 2. The lowest BCUT2D eigenvalue weighted by Gasteiger charge is -2.04. The molecule has 0 saturated carbocycles. The summed E-state index contributed by atoms with van der Waals surface area (Å²) in [7, 11) is 0. The summed E-state index contributed by atoms with van der Waals surface area (Å²) in [6.07, 6.45) is 0. The van der Waals surface area contributed by atoms with Crippen LogP contribution in [0.4, 0.5) is 5.00 Å². The molecule has 0 aliphatic heterocycles. The van der Waals surface area contributed by atoms with E-state index in [1.165, 1.54) is 22.7 Å². The second-order valence-corrected chi connectivity index (χ2v) is 6.99. The second-order valence-electron chi connectivity index (χ2n) is 4.64. The molecule has 0 radical (unpaired) electrons. The molecule has 2 aromatic heterocycles. The first kappa shape index (κ1) is 16.5. The van der Waals surface area contributed by atoms with E-state index in [0.717, 1.165) is 10.1 Å². The van der Waals surface area contributed by atoms with Gasteiger partial charge in [-0.3, -0.25) is 4.79 Å². The smallest absolute Gasteiger partial charge is 0.350 e. The van der Waals surface area contributed by atoms with Gasteiger partial charge in [0.2, 0.25) is 0 Å². The van der Waals surface area contributed by atoms with Gasteiger partial charge < -0.3 is 10.1 Å². The Kier molecular flexibility index (Phi) is 4.81. The van der Waals surface area contributed by atoms with Gasteiger partial charge in [-0.05, 0) is 17.5 Å². The maximum absolute atomic E-state index is 12.1. The van der Waals surface area contributed by atoms with E-state index in [4.69, 9.17) is 21.6 Å². The molecule has 0 aliphatic carbocycles. The molecule has 0 fully saturated rings. The third kappa shape index (κ3) is 3.26. The lowest BCUT2D eigenvalue weighted by Crippen LogP contribution is -2.20. The van der Waals surface area contributed by atoms with E-state index in [2.05, 4.69) is 5.32 Å². The van der Waals surface area contributed by atoms with Crippen molar-refractivity contribution in [3.05, 3.63) is 51.2 Å². The van der Waals surface area contributed by atoms with Gasteiger partial charge in [0.1, 0.15) is 15.9 Å². The van der Waals surface area contributed by atoms with E-state index in [1.807, 2.05) is 30.3 Å². The monoisotopic (exact) mass is 376 g/mol. The van der Waals surface area contributed by atoms with Crippen LogP contribution in [0.3, 0.4) is 0 Å². The predicted octanol–water partition coefficient (Wildman–Crippen LogP) is 4.28. The molecule has 1 amide bonds. The zero-order chi connectivity index (χ0) is 17.1. The number of amides is 1. The highest BCUT2D eigenvalue weighted by atomic mass is 35.5. The van der Waals surface area contributed by atoms with Crippen molar-refractivity contribution in [2.75, 3.05) is 11.9 Å². The average molecular weight is 377 g/mol. The van der Waals surface area contributed by atoms with E-state index >= 15 is 0 Å². The van der Waals surface area contributed by atoms with Crippen molar-refractivity contribution < 1.29 is 14.3 Å². The van der Waals surface area contributed by atoms with Gasteiger partial charge in [-0.25, -0.2) is 4.79 Å². The van der Waals surface area contributed by atoms with Gasteiger partial charge in [0.15, 0.2) is 6.61 Å². The quantitative estimate of drug-likeness (QED) is 0.689. The minimum Gasteiger partial charge on any atom is -0.451 e. The molecule has 0 atom stereocenters. The fourth-order valence-corrected chi connectivity index (χ4v) is 4.15. The molecule has 0 bridgehead atoms. The number of anilines is 1. The van der Waals surface area contributed by atoms with Crippen LogP contribution in [0, 0.1) is 11.3 Å². The van der Waals surface area contributed by atoms with Gasteiger partial charge in [0.05, 0.1) is 10.6 Å². The highest BCUT2D eigenvalue weighted by Gasteiger charge is 2.19. The number of hydrogen-bond donors (Lipinski definition) is 1. The number of esters is 1. The number of nitriles is 1. The summed E-state index contributed by atoms with van der Waals surface area (Å²) in [6.45, 7) is -0.452. The van der Waals surface area contributed by atoms with Crippen LogP contribution in [0.15, 0.2) is 35.7 Å². The first-order valence-electron chi connectivity index (χ1n) is 6.71. The van der Waals surface area contributed by atoms with E-state index in [0.29, 0.717) is 15.6 Å². The summed E-state index contributed by atoms with van der Waals surface area (Å²) in [5, 5.41) is 14.7. The third-order valence-electron chi connectivity index (χ3n) is 3.09. The zero-order valence-electron chi connectivity index (χ0n) is 12.0. The molecule has 3 aromatic rings. The Balaban J connectivity index is 1.65. The largest absolute Gasteiger partial charge is 0.451 e. The Hall–Kier alpha value is -2.40. The fourth-order valence-electron chi connectivity index (χ4n) is 2.00. The lowest BCUT2D eigenvalue weighted by molar-refractivity contribution is -0.119. The van der Waals surface area contributed by atoms with Crippen LogP contribution in [0.25, 0.3) is 10.1 Å². The fraction of sp³-hybridized carbons (Fsp3) is 0.0625. The summed E-state index contributed by atoms with van der Waals surface area (Å²) in [4.78, 5) is 24.3. The minimum absolute atomic E-state index is 0.263. The van der Waals surface area contributed by atoms with Crippen LogP contribution in [0.5, 0.6) is 0 Å². The Bertz CT molecular complexity index is 971. The van der Waals surface area contributed by atoms with Crippen molar-refractivity contribution in [2.24, 2.45) is 0 Å². The van der Waals surface area contributed by atoms with Crippen LogP contribution in [-0.2, 0) is 9.53 Å².